The van der Waals surface area contributed by atoms with E-state index in [2.05, 4.69) is 24.5 Å². The van der Waals surface area contributed by atoms with Crippen molar-refractivity contribution in [1.29, 1.82) is 0 Å². The van der Waals surface area contributed by atoms with Gasteiger partial charge in [0, 0.05) is 11.4 Å². The third-order valence-corrected chi connectivity index (χ3v) is 4.77. The van der Waals surface area contributed by atoms with Crippen LogP contribution in [-0.2, 0) is 4.79 Å². The van der Waals surface area contributed by atoms with Gasteiger partial charge in [0.05, 0.1) is 10.6 Å². The van der Waals surface area contributed by atoms with Crippen LogP contribution in [0.4, 0.5) is 11.4 Å². The molecule has 30 heavy (non-hydrogen) atoms. The molecule has 0 aliphatic rings. The number of carbonyl (C=O) groups excluding carboxylic acids is 2. The Bertz CT molecular complexity index is 1030. The number of nitrogens with one attached hydrogen (secondary N) is 2. The Kier molecular flexibility index (Phi) is 7.09. The minimum absolute atomic E-state index is 0.114. The molecular formula is C24H23ClN2O3. The zero-order valence-electron chi connectivity index (χ0n) is 16.8. The van der Waals surface area contributed by atoms with Crippen LogP contribution in [0.25, 0.3) is 0 Å². The van der Waals surface area contributed by atoms with Crippen LogP contribution in [0.3, 0.4) is 0 Å². The number of amides is 2. The van der Waals surface area contributed by atoms with Crippen molar-refractivity contribution in [3.05, 3.63) is 88.9 Å². The molecule has 0 heterocycles. The highest BCUT2D eigenvalue weighted by Gasteiger charge is 2.11. The summed E-state index contributed by atoms with van der Waals surface area (Å²) >= 11 is 6.06. The van der Waals surface area contributed by atoms with Crippen molar-refractivity contribution in [2.75, 3.05) is 17.2 Å². The van der Waals surface area contributed by atoms with Gasteiger partial charge in [-0.15, -0.1) is 0 Å². The van der Waals surface area contributed by atoms with Gasteiger partial charge in [0.1, 0.15) is 5.75 Å². The second-order valence-electron chi connectivity index (χ2n) is 7.08. The molecule has 3 aromatic rings. The summed E-state index contributed by atoms with van der Waals surface area (Å²) in [6, 6.07) is 21.4. The summed E-state index contributed by atoms with van der Waals surface area (Å²) in [5, 5.41) is 5.92. The van der Waals surface area contributed by atoms with Gasteiger partial charge in [-0.3, -0.25) is 9.59 Å². The van der Waals surface area contributed by atoms with Crippen molar-refractivity contribution in [3.63, 3.8) is 0 Å². The standard InChI is InChI=1S/C24H23ClN2O3/c1-16(2)17-10-12-20(13-11-17)30-15-23(28)26-18-6-5-7-19(14-18)27-24(29)21-8-3-4-9-22(21)25/h3-14,16H,15H2,1-2H3,(H,26,28)(H,27,29). The Balaban J connectivity index is 1.56. The lowest BCUT2D eigenvalue weighted by Gasteiger charge is -2.11. The van der Waals surface area contributed by atoms with Crippen molar-refractivity contribution in [3.8, 4) is 5.75 Å². The first-order chi connectivity index (χ1) is 14.4. The summed E-state index contributed by atoms with van der Waals surface area (Å²) in [5.74, 6) is 0.457. The average molecular weight is 423 g/mol. The van der Waals surface area contributed by atoms with Crippen molar-refractivity contribution in [2.45, 2.75) is 19.8 Å². The summed E-state index contributed by atoms with van der Waals surface area (Å²) in [6.07, 6.45) is 0. The molecule has 3 rings (SSSR count). The quantitative estimate of drug-likeness (QED) is 0.510. The maximum Gasteiger partial charge on any atom is 0.262 e. The molecule has 0 aromatic heterocycles. The number of anilines is 2. The molecular weight excluding hydrogens is 400 g/mol. The number of hydrogen-bond donors (Lipinski definition) is 2. The first-order valence-corrected chi connectivity index (χ1v) is 9.99. The van der Waals surface area contributed by atoms with E-state index >= 15 is 0 Å². The van der Waals surface area contributed by atoms with Crippen molar-refractivity contribution >= 4 is 34.8 Å². The molecule has 154 valence electrons. The second kappa shape index (κ2) is 9.94. The smallest absolute Gasteiger partial charge is 0.262 e. The number of carbonyl (C=O) groups is 2. The Hall–Kier alpha value is -3.31. The lowest BCUT2D eigenvalue weighted by atomic mass is 10.0. The normalized spacial score (nSPS) is 10.5. The monoisotopic (exact) mass is 422 g/mol. The Morgan fingerprint density at radius 1 is 0.900 bits per heavy atom. The molecule has 0 fully saturated rings. The lowest BCUT2D eigenvalue weighted by Crippen LogP contribution is -2.20. The zero-order chi connectivity index (χ0) is 21.5. The molecule has 0 bridgehead atoms. The average Bonchev–Trinajstić information content (AvgIpc) is 2.73. The van der Waals surface area contributed by atoms with E-state index < -0.39 is 0 Å². The maximum atomic E-state index is 12.4. The molecule has 2 amide bonds. The number of halogens is 1. The summed E-state index contributed by atoms with van der Waals surface area (Å²) in [4.78, 5) is 24.6. The van der Waals surface area contributed by atoms with Gasteiger partial charge < -0.3 is 15.4 Å². The SMILES string of the molecule is CC(C)c1ccc(OCC(=O)Nc2cccc(NC(=O)c3ccccc3Cl)c2)cc1. The van der Waals surface area contributed by atoms with Gasteiger partial charge in [-0.1, -0.05) is 55.8 Å². The van der Waals surface area contributed by atoms with Crippen molar-refractivity contribution in [2.24, 2.45) is 0 Å². The van der Waals surface area contributed by atoms with Crippen LogP contribution in [-0.4, -0.2) is 18.4 Å². The predicted octanol–water partition coefficient (Wildman–Crippen LogP) is 5.73. The number of rotatable bonds is 7. The molecule has 0 saturated carbocycles. The van der Waals surface area contributed by atoms with Crippen molar-refractivity contribution in [1.82, 2.24) is 0 Å². The highest BCUT2D eigenvalue weighted by molar-refractivity contribution is 6.34. The third kappa shape index (κ3) is 5.84. The van der Waals surface area contributed by atoms with Crippen LogP contribution in [0.2, 0.25) is 5.02 Å². The zero-order valence-corrected chi connectivity index (χ0v) is 17.6. The van der Waals surface area contributed by atoms with Crippen LogP contribution >= 0.6 is 11.6 Å². The molecule has 6 heteroatoms. The maximum absolute atomic E-state index is 12.4. The highest BCUT2D eigenvalue weighted by Crippen LogP contribution is 2.20. The van der Waals surface area contributed by atoms with Crippen LogP contribution in [0.15, 0.2) is 72.8 Å². The van der Waals surface area contributed by atoms with Gasteiger partial charge >= 0.3 is 0 Å². The number of ether oxygens (including phenoxy) is 1. The Morgan fingerprint density at radius 3 is 2.23 bits per heavy atom. The fourth-order valence-electron chi connectivity index (χ4n) is 2.81. The number of hydrogen-bond acceptors (Lipinski definition) is 3. The predicted molar refractivity (Wildman–Crippen MR) is 121 cm³/mol. The summed E-state index contributed by atoms with van der Waals surface area (Å²) in [7, 11) is 0. The van der Waals surface area contributed by atoms with E-state index in [0.29, 0.717) is 33.6 Å². The van der Waals surface area contributed by atoms with E-state index in [1.165, 1.54) is 5.56 Å². The first-order valence-electron chi connectivity index (χ1n) is 9.61. The van der Waals surface area contributed by atoms with Crippen LogP contribution in [0.1, 0.15) is 35.7 Å². The van der Waals surface area contributed by atoms with Crippen LogP contribution in [0.5, 0.6) is 5.75 Å². The molecule has 0 unspecified atom stereocenters. The minimum atomic E-state index is -0.322. The van der Waals surface area contributed by atoms with E-state index in [-0.39, 0.29) is 18.4 Å². The largest absolute Gasteiger partial charge is 0.484 e. The molecule has 3 aromatic carbocycles. The van der Waals surface area contributed by atoms with Crippen LogP contribution in [0, 0.1) is 0 Å². The first kappa shape index (κ1) is 21.4. The number of benzene rings is 3. The molecule has 0 aliphatic carbocycles. The Morgan fingerprint density at radius 2 is 1.57 bits per heavy atom. The van der Waals surface area contributed by atoms with Gasteiger partial charge in [0.2, 0.25) is 0 Å². The van der Waals surface area contributed by atoms with E-state index in [4.69, 9.17) is 16.3 Å². The fourth-order valence-corrected chi connectivity index (χ4v) is 3.03. The lowest BCUT2D eigenvalue weighted by molar-refractivity contribution is -0.118. The van der Waals surface area contributed by atoms with Gasteiger partial charge in [0.15, 0.2) is 6.61 Å². The van der Waals surface area contributed by atoms with Gasteiger partial charge in [0.25, 0.3) is 11.8 Å². The molecule has 0 radical (unpaired) electrons. The van der Waals surface area contributed by atoms with E-state index in [0.717, 1.165) is 0 Å². The van der Waals surface area contributed by atoms with Gasteiger partial charge in [-0.25, -0.2) is 0 Å². The summed E-state index contributed by atoms with van der Waals surface area (Å²) in [5.41, 5.74) is 2.69. The second-order valence-corrected chi connectivity index (χ2v) is 7.48. The molecule has 0 spiro atoms. The van der Waals surface area contributed by atoms with Crippen molar-refractivity contribution < 1.29 is 14.3 Å². The summed E-state index contributed by atoms with van der Waals surface area (Å²) < 4.78 is 5.54. The Labute approximate surface area is 181 Å². The molecule has 0 atom stereocenters. The van der Waals surface area contributed by atoms with E-state index in [9.17, 15) is 9.59 Å². The molecule has 0 saturated heterocycles. The molecule has 5 nitrogen and oxygen atoms in total. The molecule has 0 aliphatic heterocycles. The third-order valence-electron chi connectivity index (χ3n) is 4.44. The van der Waals surface area contributed by atoms with Crippen LogP contribution < -0.4 is 15.4 Å². The van der Waals surface area contributed by atoms with Gasteiger partial charge in [-0.05, 0) is 53.9 Å². The highest BCUT2D eigenvalue weighted by atomic mass is 35.5. The minimum Gasteiger partial charge on any atom is -0.484 e. The van der Waals surface area contributed by atoms with Gasteiger partial charge in [-0.2, -0.15) is 0 Å². The van der Waals surface area contributed by atoms with E-state index in [1.807, 2.05) is 24.3 Å². The summed E-state index contributed by atoms with van der Waals surface area (Å²) in [6.45, 7) is 4.12. The molecule has 2 N–H and O–H groups in total. The topological polar surface area (TPSA) is 67.4 Å². The fraction of sp³-hybridized carbons (Fsp3) is 0.167. The van der Waals surface area contributed by atoms with E-state index in [1.54, 1.807) is 48.5 Å².